The summed E-state index contributed by atoms with van der Waals surface area (Å²) in [6.45, 7) is 0.779. The highest BCUT2D eigenvalue weighted by Gasteiger charge is 2.30. The van der Waals surface area contributed by atoms with Crippen LogP contribution < -0.4 is 0 Å². The van der Waals surface area contributed by atoms with Crippen molar-refractivity contribution in [3.63, 3.8) is 0 Å². The van der Waals surface area contributed by atoms with E-state index in [4.69, 9.17) is 9.84 Å². The Labute approximate surface area is 139 Å². The summed E-state index contributed by atoms with van der Waals surface area (Å²) in [4.78, 5) is 25.9. The molecule has 1 amide bonds. The molecule has 0 saturated carbocycles. The number of carboxylic acid groups (broad SMARTS) is 1. The Morgan fingerprint density at radius 3 is 2.87 bits per heavy atom. The van der Waals surface area contributed by atoms with Crippen LogP contribution in [0.5, 0.6) is 0 Å². The van der Waals surface area contributed by atoms with Crippen molar-refractivity contribution in [3.8, 4) is 0 Å². The predicted molar refractivity (Wildman–Crippen MR) is 90.5 cm³/mol. The van der Waals surface area contributed by atoms with Crippen LogP contribution in [0.1, 0.15) is 9.67 Å². The van der Waals surface area contributed by atoms with Gasteiger partial charge in [0.25, 0.3) is 5.91 Å². The molecule has 2 aromatic heterocycles. The molecule has 1 aliphatic rings. The molecule has 1 aromatic carbocycles. The summed E-state index contributed by atoms with van der Waals surface area (Å²) in [6.07, 6.45) is -0.936. The van der Waals surface area contributed by atoms with Gasteiger partial charge in [0.15, 0.2) is 6.10 Å². The van der Waals surface area contributed by atoms with Gasteiger partial charge in [0, 0.05) is 21.3 Å². The topological polar surface area (TPSA) is 66.8 Å². The molecular formula is C16H13NO4S2. The molecule has 1 atom stereocenters. The highest BCUT2D eigenvalue weighted by Crippen LogP contribution is 2.39. The van der Waals surface area contributed by atoms with Crippen LogP contribution >= 0.6 is 22.7 Å². The van der Waals surface area contributed by atoms with Crippen LogP contribution in [0, 0.1) is 0 Å². The van der Waals surface area contributed by atoms with Crippen LogP contribution in [-0.4, -0.2) is 47.7 Å². The Balaban J connectivity index is 1.65. The lowest BCUT2D eigenvalue weighted by atomic mass is 10.2. The lowest BCUT2D eigenvalue weighted by molar-refractivity contribution is -0.154. The van der Waals surface area contributed by atoms with Crippen molar-refractivity contribution in [2.75, 3.05) is 19.7 Å². The zero-order valence-corrected chi connectivity index (χ0v) is 13.7. The van der Waals surface area contributed by atoms with E-state index in [0.717, 1.165) is 9.40 Å². The van der Waals surface area contributed by atoms with Crippen LogP contribution in [0.3, 0.4) is 0 Å². The van der Waals surface area contributed by atoms with Gasteiger partial charge in [0.2, 0.25) is 0 Å². The smallest absolute Gasteiger partial charge is 0.334 e. The zero-order valence-electron chi connectivity index (χ0n) is 12.0. The van der Waals surface area contributed by atoms with Gasteiger partial charge >= 0.3 is 5.97 Å². The van der Waals surface area contributed by atoms with Crippen LogP contribution in [0.15, 0.2) is 30.3 Å². The summed E-state index contributed by atoms with van der Waals surface area (Å²) in [7, 11) is 0. The normalized spacial score (nSPS) is 18.6. The van der Waals surface area contributed by atoms with Gasteiger partial charge in [0.05, 0.1) is 22.7 Å². The van der Waals surface area contributed by atoms with Gasteiger partial charge in [-0.3, -0.25) is 4.79 Å². The van der Waals surface area contributed by atoms with Crippen molar-refractivity contribution >= 4 is 54.0 Å². The third-order valence-electron chi connectivity index (χ3n) is 3.89. The van der Waals surface area contributed by atoms with Gasteiger partial charge in [0.1, 0.15) is 0 Å². The van der Waals surface area contributed by atoms with Gasteiger partial charge < -0.3 is 14.7 Å². The second kappa shape index (κ2) is 5.59. The molecule has 3 heterocycles. The molecule has 1 N–H and O–H groups in total. The number of hydrogen-bond donors (Lipinski definition) is 1. The second-order valence-electron chi connectivity index (χ2n) is 5.35. The summed E-state index contributed by atoms with van der Waals surface area (Å²) < 4.78 is 8.60. The van der Waals surface area contributed by atoms with E-state index in [1.54, 1.807) is 16.2 Å². The first kappa shape index (κ1) is 14.6. The molecular weight excluding hydrogens is 334 g/mol. The van der Waals surface area contributed by atoms with Gasteiger partial charge in [-0.1, -0.05) is 18.2 Å². The van der Waals surface area contributed by atoms with E-state index in [2.05, 4.69) is 12.1 Å². The van der Waals surface area contributed by atoms with Gasteiger partial charge in [-0.15, -0.1) is 22.7 Å². The second-order valence-corrected chi connectivity index (χ2v) is 7.49. The Bertz CT molecular complexity index is 913. The quantitative estimate of drug-likeness (QED) is 0.774. The highest BCUT2D eigenvalue weighted by molar-refractivity contribution is 7.33. The molecule has 7 heteroatoms. The number of morpholine rings is 1. The standard InChI is InChI=1S/C16H13NO4S2/c18-15(17-5-6-21-10(8-17)16(19)20)13-7-12-14(23-13)9-3-1-2-4-11(9)22-12/h1-4,7,10H,5-6,8H2,(H,19,20). The molecule has 0 spiro atoms. The first-order chi connectivity index (χ1) is 11.1. The fourth-order valence-corrected chi connectivity index (χ4v) is 5.24. The Hall–Kier alpha value is -1.96. The summed E-state index contributed by atoms with van der Waals surface area (Å²) in [5.41, 5.74) is 0. The maximum atomic E-state index is 12.7. The Morgan fingerprint density at radius 2 is 2.04 bits per heavy atom. The first-order valence-electron chi connectivity index (χ1n) is 7.18. The van der Waals surface area contributed by atoms with E-state index in [9.17, 15) is 9.59 Å². The molecule has 1 fully saturated rings. The maximum Gasteiger partial charge on any atom is 0.334 e. The minimum Gasteiger partial charge on any atom is -0.479 e. The molecule has 0 radical (unpaired) electrons. The average molecular weight is 347 g/mol. The summed E-state index contributed by atoms with van der Waals surface area (Å²) in [5, 5.41) is 10.2. The van der Waals surface area contributed by atoms with Gasteiger partial charge in [-0.25, -0.2) is 4.79 Å². The number of carbonyl (C=O) groups is 2. The van der Waals surface area contributed by atoms with Crippen molar-refractivity contribution in [1.82, 2.24) is 4.90 Å². The number of benzene rings is 1. The zero-order chi connectivity index (χ0) is 16.0. The fraction of sp³-hybridized carbons (Fsp3) is 0.250. The van der Waals surface area contributed by atoms with Crippen LogP contribution in [0.2, 0.25) is 0 Å². The van der Waals surface area contributed by atoms with Crippen molar-refractivity contribution in [1.29, 1.82) is 0 Å². The van der Waals surface area contributed by atoms with E-state index in [1.165, 1.54) is 21.4 Å². The van der Waals surface area contributed by atoms with Crippen LogP contribution in [0.25, 0.3) is 19.5 Å². The van der Waals surface area contributed by atoms with E-state index in [1.807, 2.05) is 18.2 Å². The molecule has 0 aliphatic carbocycles. The summed E-state index contributed by atoms with van der Waals surface area (Å²) in [5.74, 6) is -1.14. The number of hydrogen-bond acceptors (Lipinski definition) is 5. The molecule has 1 saturated heterocycles. The highest BCUT2D eigenvalue weighted by atomic mass is 32.1. The number of carbonyl (C=O) groups excluding carboxylic acids is 1. The predicted octanol–water partition coefficient (Wildman–Crippen LogP) is 3.04. The van der Waals surface area contributed by atoms with E-state index >= 15 is 0 Å². The number of nitrogens with zero attached hydrogens (tertiary/aromatic N) is 1. The van der Waals surface area contributed by atoms with Gasteiger partial charge in [-0.05, 0) is 12.1 Å². The Kier molecular flexibility index (Phi) is 3.56. The number of thiophene rings is 2. The number of fused-ring (bicyclic) bond motifs is 3. The molecule has 23 heavy (non-hydrogen) atoms. The van der Waals surface area contributed by atoms with E-state index in [-0.39, 0.29) is 19.1 Å². The SMILES string of the molecule is O=C(O)C1CN(C(=O)c2cc3sc4ccccc4c3s2)CCO1. The molecule has 1 aliphatic heterocycles. The number of ether oxygens (including phenoxy) is 1. The average Bonchev–Trinajstić information content (AvgIpc) is 3.12. The molecule has 0 bridgehead atoms. The fourth-order valence-electron chi connectivity index (χ4n) is 2.74. The minimum atomic E-state index is -1.03. The molecule has 4 rings (SSSR count). The van der Waals surface area contributed by atoms with Crippen LogP contribution in [0.4, 0.5) is 0 Å². The maximum absolute atomic E-state index is 12.7. The molecule has 1 unspecified atom stereocenters. The number of aliphatic carboxylic acids is 1. The lowest BCUT2D eigenvalue weighted by Crippen LogP contribution is -2.48. The summed E-state index contributed by atoms with van der Waals surface area (Å²) >= 11 is 3.15. The monoisotopic (exact) mass is 347 g/mol. The van der Waals surface area contributed by atoms with Gasteiger partial charge in [-0.2, -0.15) is 0 Å². The third-order valence-corrected chi connectivity index (χ3v) is 6.29. The number of amides is 1. The lowest BCUT2D eigenvalue weighted by Gasteiger charge is -2.30. The summed E-state index contributed by atoms with van der Waals surface area (Å²) in [6, 6.07) is 10.1. The minimum absolute atomic E-state index is 0.0977. The van der Waals surface area contributed by atoms with E-state index < -0.39 is 12.1 Å². The van der Waals surface area contributed by atoms with Crippen molar-refractivity contribution in [3.05, 3.63) is 35.2 Å². The van der Waals surface area contributed by atoms with Crippen molar-refractivity contribution in [2.24, 2.45) is 0 Å². The third kappa shape index (κ3) is 2.50. The number of carboxylic acids is 1. The Morgan fingerprint density at radius 1 is 1.22 bits per heavy atom. The molecule has 5 nitrogen and oxygen atoms in total. The molecule has 118 valence electrons. The van der Waals surface area contributed by atoms with Crippen molar-refractivity contribution in [2.45, 2.75) is 6.10 Å². The largest absolute Gasteiger partial charge is 0.479 e. The molecule has 3 aromatic rings. The van der Waals surface area contributed by atoms with E-state index in [0.29, 0.717) is 11.4 Å². The number of rotatable bonds is 2. The van der Waals surface area contributed by atoms with Crippen molar-refractivity contribution < 1.29 is 19.4 Å². The van der Waals surface area contributed by atoms with Crippen LogP contribution in [-0.2, 0) is 9.53 Å². The first-order valence-corrected chi connectivity index (χ1v) is 8.81.